The number of hydrogen-bond acceptors (Lipinski definition) is 5. The van der Waals surface area contributed by atoms with Crippen LogP contribution in [0.2, 0.25) is 0 Å². The van der Waals surface area contributed by atoms with E-state index in [0.717, 1.165) is 19.9 Å². The summed E-state index contributed by atoms with van der Waals surface area (Å²) in [4.78, 5) is 27.8. The molecule has 2 heterocycles. The van der Waals surface area contributed by atoms with Crippen molar-refractivity contribution >= 4 is 44.6 Å². The number of rotatable bonds is 3. The Kier molecular flexibility index (Phi) is 3.54. The highest BCUT2D eigenvalue weighted by atomic mass is 79.9. The topological polar surface area (TPSA) is 71.5 Å². The third-order valence-corrected chi connectivity index (χ3v) is 4.73. The zero-order chi connectivity index (χ0) is 14.1. The summed E-state index contributed by atoms with van der Waals surface area (Å²) in [6.45, 7) is 1.55. The SMILES string of the molecule is CC(=O)c1ccc(Sc2ncnc3nc[nH]c23)c(Br)c1. The first-order chi connectivity index (χ1) is 9.65. The number of benzene rings is 1. The van der Waals surface area contributed by atoms with Gasteiger partial charge in [0.2, 0.25) is 0 Å². The van der Waals surface area contributed by atoms with Crippen molar-refractivity contribution in [3.63, 3.8) is 0 Å². The van der Waals surface area contributed by atoms with E-state index in [1.165, 1.54) is 18.1 Å². The summed E-state index contributed by atoms with van der Waals surface area (Å²) in [5.74, 6) is 0.0419. The number of aromatic amines is 1. The summed E-state index contributed by atoms with van der Waals surface area (Å²) in [5, 5.41) is 0.795. The van der Waals surface area contributed by atoms with Crippen LogP contribution in [0.4, 0.5) is 0 Å². The van der Waals surface area contributed by atoms with Crippen LogP contribution in [-0.4, -0.2) is 25.7 Å². The van der Waals surface area contributed by atoms with Gasteiger partial charge in [-0.3, -0.25) is 4.79 Å². The average Bonchev–Trinajstić information content (AvgIpc) is 2.90. The maximum Gasteiger partial charge on any atom is 0.181 e. The van der Waals surface area contributed by atoms with Gasteiger partial charge >= 0.3 is 0 Å². The number of carbonyl (C=O) groups excluding carboxylic acids is 1. The normalized spacial score (nSPS) is 10.9. The van der Waals surface area contributed by atoms with E-state index < -0.39 is 0 Å². The second-order valence-corrected chi connectivity index (χ2v) is 5.97. The number of nitrogens with one attached hydrogen (secondary N) is 1. The van der Waals surface area contributed by atoms with Gasteiger partial charge in [-0.2, -0.15) is 0 Å². The first-order valence-electron chi connectivity index (χ1n) is 5.77. The van der Waals surface area contributed by atoms with E-state index in [-0.39, 0.29) is 5.78 Å². The van der Waals surface area contributed by atoms with Crippen molar-refractivity contribution in [2.24, 2.45) is 0 Å². The second-order valence-electron chi connectivity index (χ2n) is 4.08. The van der Waals surface area contributed by atoms with Crippen LogP contribution in [0.1, 0.15) is 17.3 Å². The molecule has 0 aliphatic carbocycles. The zero-order valence-corrected chi connectivity index (χ0v) is 12.8. The van der Waals surface area contributed by atoms with Gasteiger partial charge in [0.15, 0.2) is 11.4 Å². The predicted octanol–water partition coefficient (Wildman–Crippen LogP) is 3.47. The lowest BCUT2D eigenvalue weighted by Crippen LogP contribution is -1.92. The molecular formula is C13H9BrN4OS. The molecule has 0 saturated heterocycles. The van der Waals surface area contributed by atoms with Crippen LogP contribution in [0.5, 0.6) is 0 Å². The highest BCUT2D eigenvalue weighted by molar-refractivity contribution is 9.10. The smallest absolute Gasteiger partial charge is 0.181 e. The Morgan fingerprint density at radius 2 is 2.15 bits per heavy atom. The van der Waals surface area contributed by atoms with Crippen molar-refractivity contribution in [2.75, 3.05) is 0 Å². The molecule has 0 spiro atoms. The Morgan fingerprint density at radius 1 is 1.30 bits per heavy atom. The summed E-state index contributed by atoms with van der Waals surface area (Å²) in [5.41, 5.74) is 2.12. The van der Waals surface area contributed by atoms with Crippen molar-refractivity contribution in [2.45, 2.75) is 16.8 Å². The lowest BCUT2D eigenvalue weighted by molar-refractivity contribution is 0.101. The number of hydrogen-bond donors (Lipinski definition) is 1. The monoisotopic (exact) mass is 348 g/mol. The van der Waals surface area contributed by atoms with Crippen LogP contribution in [0.3, 0.4) is 0 Å². The second kappa shape index (κ2) is 5.34. The molecule has 0 amide bonds. The Morgan fingerprint density at radius 3 is 2.90 bits per heavy atom. The van der Waals surface area contributed by atoms with Crippen LogP contribution >= 0.6 is 27.7 Å². The van der Waals surface area contributed by atoms with E-state index in [1.54, 1.807) is 19.3 Å². The van der Waals surface area contributed by atoms with Gasteiger partial charge in [-0.25, -0.2) is 15.0 Å². The number of ketones is 1. The van der Waals surface area contributed by atoms with Crippen LogP contribution in [0, 0.1) is 0 Å². The fourth-order valence-corrected chi connectivity index (χ4v) is 3.20. The minimum absolute atomic E-state index is 0.0419. The van der Waals surface area contributed by atoms with E-state index in [4.69, 9.17) is 0 Å². The molecule has 3 rings (SSSR count). The van der Waals surface area contributed by atoms with Gasteiger partial charge in [-0.15, -0.1) is 0 Å². The quantitative estimate of drug-likeness (QED) is 0.579. The fraction of sp³-hybridized carbons (Fsp3) is 0.0769. The summed E-state index contributed by atoms with van der Waals surface area (Å²) in [6, 6.07) is 5.52. The third-order valence-electron chi connectivity index (χ3n) is 2.73. The summed E-state index contributed by atoms with van der Waals surface area (Å²) in [6.07, 6.45) is 3.08. The van der Waals surface area contributed by atoms with Crippen LogP contribution in [0.15, 0.2) is 45.2 Å². The molecule has 1 aromatic carbocycles. The van der Waals surface area contributed by atoms with Crippen molar-refractivity contribution in [1.82, 2.24) is 19.9 Å². The van der Waals surface area contributed by atoms with E-state index >= 15 is 0 Å². The fourth-order valence-electron chi connectivity index (χ4n) is 1.73. The molecular weight excluding hydrogens is 340 g/mol. The number of fused-ring (bicyclic) bond motifs is 1. The summed E-state index contributed by atoms with van der Waals surface area (Å²) in [7, 11) is 0. The highest BCUT2D eigenvalue weighted by Crippen LogP contribution is 2.35. The number of imidazole rings is 1. The van der Waals surface area contributed by atoms with Gasteiger partial charge < -0.3 is 4.98 Å². The van der Waals surface area contributed by atoms with Gasteiger partial charge in [0.1, 0.15) is 16.9 Å². The molecule has 100 valence electrons. The summed E-state index contributed by atoms with van der Waals surface area (Å²) >= 11 is 4.97. The molecule has 0 aliphatic rings. The molecule has 7 heteroatoms. The molecule has 0 aliphatic heterocycles. The lowest BCUT2D eigenvalue weighted by atomic mass is 10.2. The lowest BCUT2D eigenvalue weighted by Gasteiger charge is -2.05. The zero-order valence-electron chi connectivity index (χ0n) is 10.4. The molecule has 0 bridgehead atoms. The van der Waals surface area contributed by atoms with Crippen LogP contribution in [0.25, 0.3) is 11.2 Å². The molecule has 0 fully saturated rings. The largest absolute Gasteiger partial charge is 0.341 e. The number of aromatic nitrogens is 4. The maximum atomic E-state index is 11.3. The molecule has 2 aromatic heterocycles. The number of halogens is 1. The van der Waals surface area contributed by atoms with Gasteiger partial charge in [-0.05, 0) is 35.0 Å². The third kappa shape index (κ3) is 2.46. The van der Waals surface area contributed by atoms with E-state index in [0.29, 0.717) is 11.2 Å². The van der Waals surface area contributed by atoms with E-state index in [9.17, 15) is 4.79 Å². The number of nitrogens with zero attached hydrogens (tertiary/aromatic N) is 3. The van der Waals surface area contributed by atoms with Gasteiger partial charge in [-0.1, -0.05) is 17.8 Å². The first kappa shape index (κ1) is 13.3. The molecule has 20 heavy (non-hydrogen) atoms. The minimum atomic E-state index is 0.0419. The van der Waals surface area contributed by atoms with E-state index in [1.807, 2.05) is 12.1 Å². The first-order valence-corrected chi connectivity index (χ1v) is 7.38. The highest BCUT2D eigenvalue weighted by Gasteiger charge is 2.11. The van der Waals surface area contributed by atoms with E-state index in [2.05, 4.69) is 35.9 Å². The van der Waals surface area contributed by atoms with Gasteiger partial charge in [0.05, 0.1) is 6.33 Å². The predicted molar refractivity (Wildman–Crippen MR) is 80.0 cm³/mol. The minimum Gasteiger partial charge on any atom is -0.341 e. The van der Waals surface area contributed by atoms with Gasteiger partial charge in [0, 0.05) is 14.9 Å². The summed E-state index contributed by atoms with van der Waals surface area (Å²) < 4.78 is 0.862. The van der Waals surface area contributed by atoms with Crippen LogP contribution in [-0.2, 0) is 0 Å². The standard InChI is InChI=1S/C13H9BrN4OS/c1-7(19)8-2-3-10(9(14)4-8)20-13-11-12(16-5-15-11)17-6-18-13/h2-6H,1H3,(H,15,16,17,18). The van der Waals surface area contributed by atoms with Crippen molar-refractivity contribution < 1.29 is 4.79 Å². The molecule has 5 nitrogen and oxygen atoms in total. The Labute approximate surface area is 127 Å². The van der Waals surface area contributed by atoms with Crippen molar-refractivity contribution in [3.8, 4) is 0 Å². The molecule has 0 unspecified atom stereocenters. The Hall–Kier alpha value is -1.73. The van der Waals surface area contributed by atoms with Crippen LogP contribution < -0.4 is 0 Å². The average molecular weight is 349 g/mol. The number of carbonyl (C=O) groups is 1. The number of H-pyrrole nitrogens is 1. The Bertz CT molecular complexity index is 802. The molecule has 0 saturated carbocycles. The number of Topliss-reactive ketones (excluding diaryl/α,β-unsaturated/α-hetero) is 1. The maximum absolute atomic E-state index is 11.3. The molecule has 0 radical (unpaired) electrons. The molecule has 0 atom stereocenters. The molecule has 3 aromatic rings. The van der Waals surface area contributed by atoms with Gasteiger partial charge in [0.25, 0.3) is 0 Å². The Balaban J connectivity index is 1.99. The van der Waals surface area contributed by atoms with Crippen molar-refractivity contribution in [1.29, 1.82) is 0 Å². The molecule has 1 N–H and O–H groups in total. The van der Waals surface area contributed by atoms with Crippen molar-refractivity contribution in [3.05, 3.63) is 40.9 Å².